The average Bonchev–Trinajstić information content (AvgIpc) is 2.30. The topological polar surface area (TPSA) is 9.23 Å². The molecule has 0 aliphatic rings. The molecule has 5 heteroatoms. The van der Waals surface area contributed by atoms with Gasteiger partial charge >= 0.3 is 6.36 Å². The van der Waals surface area contributed by atoms with Gasteiger partial charge in [-0.15, -0.1) is 13.2 Å². The van der Waals surface area contributed by atoms with Crippen LogP contribution in [0.4, 0.5) is 13.2 Å². The van der Waals surface area contributed by atoms with Gasteiger partial charge in [0.2, 0.25) is 0 Å². The number of halogens is 4. The van der Waals surface area contributed by atoms with Crippen LogP contribution in [0.1, 0.15) is 11.1 Å². The van der Waals surface area contributed by atoms with Crippen LogP contribution in [-0.2, 0) is 6.42 Å². The van der Waals surface area contributed by atoms with E-state index in [1.54, 1.807) is 18.2 Å². The van der Waals surface area contributed by atoms with Gasteiger partial charge in [0.05, 0.1) is 0 Å². The zero-order valence-corrected chi connectivity index (χ0v) is 10.4. The van der Waals surface area contributed by atoms with Crippen molar-refractivity contribution in [2.24, 2.45) is 0 Å². The second kappa shape index (κ2) is 5.53. The number of benzene rings is 2. The van der Waals surface area contributed by atoms with E-state index in [1.165, 1.54) is 12.1 Å². The maximum atomic E-state index is 12.1. The Balaban J connectivity index is 2.13. The maximum absolute atomic E-state index is 12.1. The Morgan fingerprint density at radius 3 is 2.37 bits per heavy atom. The Morgan fingerprint density at radius 1 is 1.05 bits per heavy atom. The summed E-state index contributed by atoms with van der Waals surface area (Å²) in [5.41, 5.74) is 1.66. The van der Waals surface area contributed by atoms with Crippen molar-refractivity contribution in [2.75, 3.05) is 0 Å². The highest BCUT2D eigenvalue weighted by molar-refractivity contribution is 6.30. The summed E-state index contributed by atoms with van der Waals surface area (Å²) in [6.45, 7) is 0. The van der Waals surface area contributed by atoms with Crippen molar-refractivity contribution >= 4 is 11.6 Å². The highest BCUT2D eigenvalue weighted by Gasteiger charge is 2.31. The summed E-state index contributed by atoms with van der Waals surface area (Å²) in [7, 11) is 0. The molecular weight excluding hydrogens is 277 g/mol. The number of alkyl halides is 3. The molecule has 0 N–H and O–H groups in total. The molecule has 0 fully saturated rings. The van der Waals surface area contributed by atoms with Gasteiger partial charge in [0.1, 0.15) is 5.75 Å². The van der Waals surface area contributed by atoms with Crippen LogP contribution in [0.15, 0.2) is 42.5 Å². The van der Waals surface area contributed by atoms with Crippen molar-refractivity contribution < 1.29 is 17.9 Å². The molecular formula is C14H9ClF3O. The van der Waals surface area contributed by atoms with Gasteiger partial charge in [-0.1, -0.05) is 35.9 Å². The highest BCUT2D eigenvalue weighted by Crippen LogP contribution is 2.24. The minimum Gasteiger partial charge on any atom is -0.405 e. The Hall–Kier alpha value is -1.68. The number of rotatable bonds is 3. The van der Waals surface area contributed by atoms with E-state index in [-0.39, 0.29) is 5.75 Å². The van der Waals surface area contributed by atoms with Crippen molar-refractivity contribution in [1.82, 2.24) is 0 Å². The molecule has 2 aromatic rings. The summed E-state index contributed by atoms with van der Waals surface area (Å²) in [5, 5.41) is 0.617. The standard InChI is InChI=1S/C14H9ClF3O/c15-12-6-4-10(5-7-12)8-11-2-1-3-13(9-11)19-14(16,17)18/h1-2,4-7,9H,8H2. The van der Waals surface area contributed by atoms with Gasteiger partial charge < -0.3 is 4.74 Å². The number of hydrogen-bond donors (Lipinski definition) is 0. The molecule has 19 heavy (non-hydrogen) atoms. The summed E-state index contributed by atoms with van der Waals surface area (Å²) in [4.78, 5) is 0. The van der Waals surface area contributed by atoms with Crippen LogP contribution in [0.5, 0.6) is 5.75 Å². The third kappa shape index (κ3) is 4.48. The van der Waals surface area contributed by atoms with Gasteiger partial charge in [0.25, 0.3) is 0 Å². The van der Waals surface area contributed by atoms with Crippen LogP contribution in [-0.4, -0.2) is 6.36 Å². The first-order valence-electron chi connectivity index (χ1n) is 5.43. The molecule has 2 aromatic carbocycles. The van der Waals surface area contributed by atoms with Gasteiger partial charge in [0.15, 0.2) is 0 Å². The highest BCUT2D eigenvalue weighted by atomic mass is 35.5. The lowest BCUT2D eigenvalue weighted by atomic mass is 10.1. The molecule has 0 aliphatic carbocycles. The smallest absolute Gasteiger partial charge is 0.405 e. The van der Waals surface area contributed by atoms with Crippen LogP contribution >= 0.6 is 11.6 Å². The second-order valence-corrected chi connectivity index (χ2v) is 4.35. The van der Waals surface area contributed by atoms with Crippen LogP contribution in [0.25, 0.3) is 0 Å². The molecule has 0 saturated carbocycles. The largest absolute Gasteiger partial charge is 0.573 e. The lowest BCUT2D eigenvalue weighted by molar-refractivity contribution is -0.274. The van der Waals surface area contributed by atoms with E-state index < -0.39 is 6.36 Å². The molecule has 0 amide bonds. The van der Waals surface area contributed by atoms with Crippen LogP contribution in [0.2, 0.25) is 5.02 Å². The zero-order chi connectivity index (χ0) is 13.9. The fourth-order valence-electron chi connectivity index (χ4n) is 1.62. The van der Waals surface area contributed by atoms with Gasteiger partial charge in [0, 0.05) is 11.1 Å². The lowest BCUT2D eigenvalue weighted by Crippen LogP contribution is -2.17. The Bertz CT molecular complexity index is 549. The summed E-state index contributed by atoms with van der Waals surface area (Å²) in [5.74, 6) is -0.334. The lowest BCUT2D eigenvalue weighted by Gasteiger charge is -2.09. The summed E-state index contributed by atoms with van der Waals surface area (Å²) >= 11 is 5.76. The van der Waals surface area contributed by atoms with Gasteiger partial charge in [-0.3, -0.25) is 0 Å². The quantitative estimate of drug-likeness (QED) is 0.799. The number of ether oxygens (including phenoxy) is 1. The van der Waals surface area contributed by atoms with E-state index in [9.17, 15) is 13.2 Å². The molecule has 0 aliphatic heterocycles. The van der Waals surface area contributed by atoms with Crippen LogP contribution < -0.4 is 4.74 Å². The molecule has 0 spiro atoms. The van der Waals surface area contributed by atoms with Gasteiger partial charge in [-0.25, -0.2) is 0 Å². The monoisotopic (exact) mass is 285 g/mol. The average molecular weight is 286 g/mol. The predicted octanol–water partition coefficient (Wildman–Crippen LogP) is 4.63. The normalized spacial score (nSPS) is 11.4. The third-order valence-corrected chi connectivity index (χ3v) is 2.64. The second-order valence-electron chi connectivity index (χ2n) is 3.91. The molecule has 0 atom stereocenters. The zero-order valence-electron chi connectivity index (χ0n) is 9.67. The summed E-state index contributed by atoms with van der Waals surface area (Å²) in [6.07, 6.45) is -4.20. The van der Waals surface area contributed by atoms with E-state index in [0.29, 0.717) is 17.0 Å². The Labute approximate surface area is 113 Å². The minimum atomic E-state index is -4.70. The van der Waals surface area contributed by atoms with Crippen molar-refractivity contribution in [3.8, 4) is 5.75 Å². The fourth-order valence-corrected chi connectivity index (χ4v) is 1.75. The van der Waals surface area contributed by atoms with E-state index in [2.05, 4.69) is 10.8 Å². The first kappa shape index (κ1) is 13.7. The first-order valence-corrected chi connectivity index (χ1v) is 5.81. The fraction of sp³-hybridized carbons (Fsp3) is 0.143. The van der Waals surface area contributed by atoms with E-state index >= 15 is 0 Å². The van der Waals surface area contributed by atoms with Crippen LogP contribution in [0.3, 0.4) is 0 Å². The Morgan fingerprint density at radius 2 is 1.74 bits per heavy atom. The van der Waals surface area contributed by atoms with Crippen molar-refractivity contribution in [3.63, 3.8) is 0 Å². The maximum Gasteiger partial charge on any atom is 0.573 e. The molecule has 0 heterocycles. The molecule has 1 radical (unpaired) electrons. The van der Waals surface area contributed by atoms with Gasteiger partial charge in [-0.05, 0) is 35.7 Å². The van der Waals surface area contributed by atoms with Crippen molar-refractivity contribution in [1.29, 1.82) is 0 Å². The van der Waals surface area contributed by atoms with E-state index in [1.807, 2.05) is 12.1 Å². The molecule has 99 valence electrons. The SMILES string of the molecule is FC(F)(F)Oc1[c]ccc(Cc2ccc(Cl)cc2)c1. The molecule has 0 aromatic heterocycles. The first-order chi connectivity index (χ1) is 8.92. The van der Waals surface area contributed by atoms with E-state index in [0.717, 1.165) is 5.56 Å². The Kier molecular flexibility index (Phi) is 4.00. The molecule has 0 unspecified atom stereocenters. The van der Waals surface area contributed by atoms with Crippen molar-refractivity contribution in [2.45, 2.75) is 12.8 Å². The van der Waals surface area contributed by atoms with Crippen molar-refractivity contribution in [3.05, 3.63) is 64.7 Å². The predicted molar refractivity (Wildman–Crippen MR) is 66.2 cm³/mol. The summed E-state index contributed by atoms with van der Waals surface area (Å²) < 4.78 is 40.1. The minimum absolute atomic E-state index is 0.334. The van der Waals surface area contributed by atoms with E-state index in [4.69, 9.17) is 11.6 Å². The molecule has 1 nitrogen and oxygen atoms in total. The van der Waals surface area contributed by atoms with Gasteiger partial charge in [-0.2, -0.15) is 0 Å². The molecule has 0 bridgehead atoms. The number of hydrogen-bond acceptors (Lipinski definition) is 1. The molecule has 0 saturated heterocycles. The molecule has 2 rings (SSSR count). The summed E-state index contributed by atoms with van der Waals surface area (Å²) in [6, 6.07) is 13.9. The third-order valence-electron chi connectivity index (χ3n) is 2.39. The van der Waals surface area contributed by atoms with Crippen LogP contribution in [0, 0.1) is 6.07 Å².